The van der Waals surface area contributed by atoms with E-state index in [1.807, 2.05) is 42.5 Å². The molecule has 0 saturated carbocycles. The Kier molecular flexibility index (Phi) is 21.7. The molecule has 2 atom stereocenters. The molecular weight excluding hydrogens is 540 g/mol. The van der Waals surface area contributed by atoms with Crippen LogP contribution in [0.2, 0.25) is 0 Å². The number of ether oxygens (including phenoxy) is 2. The number of unbranched alkanes of at least 4 members (excludes halogenated alkanes) is 17. The standard InChI is InChI=1S/C41H66O3/c1-5-8-9-10-11-12-13-14-15-16-17-18-19-20-21-22-23-26-34-43-35(4)37-30-32-38(33-31-37)41(42)44-40-29-25-24-28-39(40)36(7-3)27-6-2/h24-25,28-33,35-36H,5-23,26-27,34H2,1-4H3. The fourth-order valence-corrected chi connectivity index (χ4v) is 6.25. The van der Waals surface area contributed by atoms with E-state index < -0.39 is 0 Å². The molecule has 0 aliphatic heterocycles. The topological polar surface area (TPSA) is 35.5 Å². The zero-order valence-electron chi connectivity index (χ0n) is 29.1. The van der Waals surface area contributed by atoms with Crippen molar-refractivity contribution in [1.29, 1.82) is 0 Å². The van der Waals surface area contributed by atoms with Gasteiger partial charge in [-0.15, -0.1) is 0 Å². The van der Waals surface area contributed by atoms with Crippen molar-refractivity contribution in [3.8, 4) is 5.75 Å². The first-order valence-electron chi connectivity index (χ1n) is 18.6. The van der Waals surface area contributed by atoms with Gasteiger partial charge in [0.1, 0.15) is 5.75 Å². The second kappa shape index (κ2) is 25.1. The number of rotatable bonds is 27. The Labute approximate surface area is 271 Å². The summed E-state index contributed by atoms with van der Waals surface area (Å²) in [5.41, 5.74) is 2.80. The molecule has 0 spiro atoms. The van der Waals surface area contributed by atoms with Gasteiger partial charge in [0.2, 0.25) is 0 Å². The van der Waals surface area contributed by atoms with Gasteiger partial charge in [0.25, 0.3) is 0 Å². The molecule has 0 bridgehead atoms. The third-order valence-corrected chi connectivity index (χ3v) is 9.17. The van der Waals surface area contributed by atoms with Crippen LogP contribution in [0.1, 0.15) is 196 Å². The minimum atomic E-state index is -0.303. The normalized spacial score (nSPS) is 12.7. The maximum atomic E-state index is 12.9. The lowest BCUT2D eigenvalue weighted by Crippen LogP contribution is -2.11. The van der Waals surface area contributed by atoms with E-state index in [1.165, 1.54) is 109 Å². The summed E-state index contributed by atoms with van der Waals surface area (Å²) < 4.78 is 12.0. The lowest BCUT2D eigenvalue weighted by Gasteiger charge is -2.18. The molecule has 0 fully saturated rings. The van der Waals surface area contributed by atoms with Gasteiger partial charge in [-0.2, -0.15) is 0 Å². The summed E-state index contributed by atoms with van der Waals surface area (Å²) in [4.78, 5) is 12.9. The zero-order chi connectivity index (χ0) is 31.7. The number of para-hydroxylation sites is 1. The van der Waals surface area contributed by atoms with Gasteiger partial charge in [-0.05, 0) is 61.4 Å². The number of benzene rings is 2. The van der Waals surface area contributed by atoms with Crippen molar-refractivity contribution >= 4 is 5.97 Å². The molecule has 2 unspecified atom stereocenters. The summed E-state index contributed by atoms with van der Waals surface area (Å²) >= 11 is 0. The van der Waals surface area contributed by atoms with Crippen molar-refractivity contribution < 1.29 is 14.3 Å². The van der Waals surface area contributed by atoms with Crippen LogP contribution < -0.4 is 4.74 Å². The lowest BCUT2D eigenvalue weighted by molar-refractivity contribution is 0.0625. The van der Waals surface area contributed by atoms with E-state index in [9.17, 15) is 4.79 Å². The molecule has 3 nitrogen and oxygen atoms in total. The highest BCUT2D eigenvalue weighted by molar-refractivity contribution is 5.91. The Hall–Kier alpha value is -2.13. The van der Waals surface area contributed by atoms with Gasteiger partial charge in [0.15, 0.2) is 0 Å². The van der Waals surface area contributed by atoms with Crippen molar-refractivity contribution in [2.24, 2.45) is 0 Å². The number of carbonyl (C=O) groups excluding carboxylic acids is 1. The molecule has 0 heterocycles. The van der Waals surface area contributed by atoms with Crippen LogP contribution in [0.15, 0.2) is 48.5 Å². The van der Waals surface area contributed by atoms with Gasteiger partial charge in [-0.25, -0.2) is 4.79 Å². The average molecular weight is 607 g/mol. The zero-order valence-corrected chi connectivity index (χ0v) is 29.1. The molecule has 2 aromatic carbocycles. The molecule has 248 valence electrons. The van der Waals surface area contributed by atoms with Crippen LogP contribution in [-0.4, -0.2) is 12.6 Å². The quantitative estimate of drug-likeness (QED) is 0.0576. The maximum absolute atomic E-state index is 12.9. The number of carbonyl (C=O) groups is 1. The Morgan fingerprint density at radius 1 is 0.614 bits per heavy atom. The highest BCUT2D eigenvalue weighted by Crippen LogP contribution is 2.32. The van der Waals surface area contributed by atoms with Gasteiger partial charge in [0.05, 0.1) is 11.7 Å². The highest BCUT2D eigenvalue weighted by Gasteiger charge is 2.17. The van der Waals surface area contributed by atoms with Crippen molar-refractivity contribution in [2.45, 2.75) is 175 Å². The predicted molar refractivity (Wildman–Crippen MR) is 189 cm³/mol. The van der Waals surface area contributed by atoms with E-state index in [0.717, 1.165) is 43.4 Å². The molecule has 0 aliphatic rings. The first-order valence-corrected chi connectivity index (χ1v) is 18.6. The summed E-state index contributed by atoms with van der Waals surface area (Å²) in [5.74, 6) is 0.791. The van der Waals surface area contributed by atoms with E-state index in [0.29, 0.717) is 17.2 Å². The summed E-state index contributed by atoms with van der Waals surface area (Å²) in [6, 6.07) is 15.7. The van der Waals surface area contributed by atoms with Crippen molar-refractivity contribution in [3.05, 3.63) is 65.2 Å². The fourth-order valence-electron chi connectivity index (χ4n) is 6.25. The number of esters is 1. The van der Waals surface area contributed by atoms with Crippen molar-refractivity contribution in [3.63, 3.8) is 0 Å². The average Bonchev–Trinajstić information content (AvgIpc) is 3.05. The molecule has 0 amide bonds. The van der Waals surface area contributed by atoms with Crippen LogP contribution >= 0.6 is 0 Å². The first kappa shape index (κ1) is 38.1. The molecule has 0 saturated heterocycles. The fraction of sp³-hybridized carbons (Fsp3) is 0.683. The van der Waals surface area contributed by atoms with Gasteiger partial charge >= 0.3 is 5.97 Å². The van der Waals surface area contributed by atoms with Crippen LogP contribution in [0.5, 0.6) is 5.75 Å². The Balaban J connectivity index is 1.51. The summed E-state index contributed by atoms with van der Waals surface area (Å²) in [6.07, 6.45) is 28.3. The second-order valence-electron chi connectivity index (χ2n) is 13.0. The molecule has 2 rings (SSSR count). The van der Waals surface area contributed by atoms with Gasteiger partial charge in [-0.1, -0.05) is 167 Å². The predicted octanol–water partition coefficient (Wildman–Crippen LogP) is 13.3. The van der Waals surface area contributed by atoms with E-state index in [2.05, 4.69) is 33.8 Å². The number of hydrogen-bond acceptors (Lipinski definition) is 3. The van der Waals surface area contributed by atoms with Crippen LogP contribution in [-0.2, 0) is 4.74 Å². The second-order valence-corrected chi connectivity index (χ2v) is 13.0. The maximum Gasteiger partial charge on any atom is 0.343 e. The third kappa shape index (κ3) is 16.3. The number of hydrogen-bond donors (Lipinski definition) is 0. The Morgan fingerprint density at radius 2 is 1.11 bits per heavy atom. The van der Waals surface area contributed by atoms with Crippen LogP contribution in [0.4, 0.5) is 0 Å². The first-order chi connectivity index (χ1) is 21.6. The molecule has 0 N–H and O–H groups in total. The lowest BCUT2D eigenvalue weighted by atomic mass is 9.91. The largest absolute Gasteiger partial charge is 0.423 e. The Morgan fingerprint density at radius 3 is 1.61 bits per heavy atom. The highest BCUT2D eigenvalue weighted by atomic mass is 16.5. The molecule has 0 aliphatic carbocycles. The van der Waals surface area contributed by atoms with E-state index >= 15 is 0 Å². The van der Waals surface area contributed by atoms with Crippen LogP contribution in [0.3, 0.4) is 0 Å². The minimum Gasteiger partial charge on any atom is -0.423 e. The van der Waals surface area contributed by atoms with Gasteiger partial charge in [0, 0.05) is 6.61 Å². The SMILES string of the molecule is CCCCCCCCCCCCCCCCCCCCOC(C)c1ccc(C(=O)Oc2ccccc2C(CC)CCC)cc1. The van der Waals surface area contributed by atoms with Crippen molar-refractivity contribution in [1.82, 2.24) is 0 Å². The van der Waals surface area contributed by atoms with Crippen LogP contribution in [0, 0.1) is 0 Å². The summed E-state index contributed by atoms with van der Waals surface area (Å²) in [7, 11) is 0. The van der Waals surface area contributed by atoms with Crippen LogP contribution in [0.25, 0.3) is 0 Å². The summed E-state index contributed by atoms with van der Waals surface area (Å²) in [6.45, 7) is 9.57. The smallest absolute Gasteiger partial charge is 0.343 e. The third-order valence-electron chi connectivity index (χ3n) is 9.17. The summed E-state index contributed by atoms with van der Waals surface area (Å²) in [5, 5.41) is 0. The molecule has 0 radical (unpaired) electrons. The monoisotopic (exact) mass is 607 g/mol. The Bertz CT molecular complexity index is 966. The molecule has 3 heteroatoms. The minimum absolute atomic E-state index is 0.0194. The van der Waals surface area contributed by atoms with Crippen molar-refractivity contribution in [2.75, 3.05) is 6.61 Å². The molecular formula is C41H66O3. The van der Waals surface area contributed by atoms with Gasteiger partial charge < -0.3 is 9.47 Å². The van der Waals surface area contributed by atoms with Gasteiger partial charge in [-0.3, -0.25) is 0 Å². The molecule has 0 aromatic heterocycles. The van der Waals surface area contributed by atoms with E-state index in [4.69, 9.17) is 9.47 Å². The van der Waals surface area contributed by atoms with E-state index in [-0.39, 0.29) is 12.1 Å². The molecule has 44 heavy (non-hydrogen) atoms. The van der Waals surface area contributed by atoms with E-state index in [1.54, 1.807) is 0 Å². The molecule has 2 aromatic rings.